The zero-order valence-electron chi connectivity index (χ0n) is 16.8. The molecule has 0 aliphatic carbocycles. The van der Waals surface area contributed by atoms with Gasteiger partial charge in [-0.15, -0.1) is 0 Å². The molecule has 0 radical (unpaired) electrons. The molecule has 0 bridgehead atoms. The molecule has 8 nitrogen and oxygen atoms in total. The molecule has 0 atom stereocenters. The molecule has 30 heavy (non-hydrogen) atoms. The Morgan fingerprint density at radius 3 is 2.73 bits per heavy atom. The van der Waals surface area contributed by atoms with E-state index in [1.54, 1.807) is 45.4 Å². The number of carbonyl (C=O) groups is 2. The molecular formula is C20H21N3O5S2. The molecule has 2 amide bonds. The van der Waals surface area contributed by atoms with E-state index in [0.29, 0.717) is 45.3 Å². The van der Waals surface area contributed by atoms with E-state index < -0.39 is 0 Å². The van der Waals surface area contributed by atoms with Gasteiger partial charge in [-0.05, 0) is 37.1 Å². The number of nitrogens with one attached hydrogen (secondary N) is 1. The first-order chi connectivity index (χ1) is 14.4. The number of carbonyl (C=O) groups excluding carboxylic acids is 2. The Hall–Kier alpha value is -2.85. The number of hydrogen-bond acceptors (Lipinski definition) is 8. The smallest absolute Gasteiger partial charge is 0.266 e. The van der Waals surface area contributed by atoms with Crippen molar-refractivity contribution in [3.63, 3.8) is 0 Å². The highest BCUT2D eigenvalue weighted by atomic mass is 32.2. The Morgan fingerprint density at radius 2 is 2.07 bits per heavy atom. The number of thioether (sulfide) groups is 1. The van der Waals surface area contributed by atoms with E-state index in [9.17, 15) is 9.59 Å². The van der Waals surface area contributed by atoms with Crippen molar-refractivity contribution in [2.45, 2.75) is 19.8 Å². The lowest BCUT2D eigenvalue weighted by Crippen LogP contribution is -2.29. The molecule has 1 N–H and O–H groups in total. The van der Waals surface area contributed by atoms with Crippen molar-refractivity contribution >= 4 is 52.0 Å². The fourth-order valence-electron chi connectivity index (χ4n) is 2.82. The maximum atomic E-state index is 12.7. The molecule has 1 saturated heterocycles. The maximum absolute atomic E-state index is 12.7. The first-order valence-corrected chi connectivity index (χ1v) is 10.3. The number of hydrogen-bond donors (Lipinski definition) is 1. The Kier molecular flexibility index (Phi) is 7.11. The van der Waals surface area contributed by atoms with Gasteiger partial charge in [-0.25, -0.2) is 0 Å². The lowest BCUT2D eigenvalue weighted by atomic mass is 10.2. The third-order valence-electron chi connectivity index (χ3n) is 4.26. The highest BCUT2D eigenvalue weighted by Crippen LogP contribution is 2.34. The van der Waals surface area contributed by atoms with Crippen LogP contribution in [0, 0.1) is 6.92 Å². The summed E-state index contributed by atoms with van der Waals surface area (Å²) in [5, 5.41) is 6.37. The normalized spacial score (nSPS) is 15.0. The molecule has 0 spiro atoms. The molecule has 0 saturated carbocycles. The summed E-state index contributed by atoms with van der Waals surface area (Å²) in [5.41, 5.74) is 0.801. The van der Waals surface area contributed by atoms with Gasteiger partial charge in [-0.1, -0.05) is 35.2 Å². The van der Waals surface area contributed by atoms with E-state index >= 15 is 0 Å². The highest BCUT2D eigenvalue weighted by molar-refractivity contribution is 8.26. The fourth-order valence-corrected chi connectivity index (χ4v) is 4.12. The second-order valence-corrected chi connectivity index (χ2v) is 8.10. The van der Waals surface area contributed by atoms with Crippen LogP contribution in [0.5, 0.6) is 11.5 Å². The third-order valence-corrected chi connectivity index (χ3v) is 5.64. The first-order valence-electron chi connectivity index (χ1n) is 9.12. The van der Waals surface area contributed by atoms with Gasteiger partial charge in [0.15, 0.2) is 17.3 Å². The molecule has 2 aromatic rings. The minimum atomic E-state index is -0.199. The number of rotatable bonds is 8. The average molecular weight is 448 g/mol. The van der Waals surface area contributed by atoms with Crippen LogP contribution >= 0.6 is 24.0 Å². The van der Waals surface area contributed by atoms with Crippen LogP contribution in [0.15, 0.2) is 33.7 Å². The summed E-state index contributed by atoms with van der Waals surface area (Å²) >= 11 is 6.58. The second-order valence-electron chi connectivity index (χ2n) is 6.42. The van der Waals surface area contributed by atoms with E-state index in [1.165, 1.54) is 16.7 Å². The molecule has 1 fully saturated rings. The van der Waals surface area contributed by atoms with Crippen LogP contribution < -0.4 is 14.8 Å². The summed E-state index contributed by atoms with van der Waals surface area (Å²) in [5.74, 6) is 1.81. The van der Waals surface area contributed by atoms with Crippen LogP contribution in [-0.2, 0) is 9.59 Å². The lowest BCUT2D eigenvalue weighted by Gasteiger charge is -2.13. The van der Waals surface area contributed by atoms with Crippen molar-refractivity contribution < 1.29 is 23.6 Å². The van der Waals surface area contributed by atoms with Gasteiger partial charge < -0.3 is 19.3 Å². The SMILES string of the molecule is COc1ccc(/C=C2/SC(=S)N(CCCC(=O)Nc3cc(C)on3)C2=O)cc1OC. The van der Waals surface area contributed by atoms with Crippen molar-refractivity contribution in [3.8, 4) is 11.5 Å². The minimum Gasteiger partial charge on any atom is -0.493 e. The summed E-state index contributed by atoms with van der Waals surface area (Å²) in [4.78, 5) is 26.8. The molecular weight excluding hydrogens is 426 g/mol. The topological polar surface area (TPSA) is 93.9 Å². The number of benzene rings is 1. The Balaban J connectivity index is 1.58. The van der Waals surface area contributed by atoms with Crippen LogP contribution in [0.3, 0.4) is 0 Å². The molecule has 10 heteroatoms. The molecule has 1 aliphatic rings. The Labute approximate surface area is 183 Å². The maximum Gasteiger partial charge on any atom is 0.266 e. The lowest BCUT2D eigenvalue weighted by molar-refractivity contribution is -0.122. The summed E-state index contributed by atoms with van der Waals surface area (Å²) in [6, 6.07) is 7.05. The number of nitrogens with zero attached hydrogens (tertiary/aromatic N) is 2. The summed E-state index contributed by atoms with van der Waals surface area (Å²) in [6.45, 7) is 2.10. The standard InChI is InChI=1S/C20H21N3O5S2/c1-12-9-17(22-28-12)21-18(24)5-4-8-23-19(25)16(30-20(23)29)11-13-6-7-14(26-2)15(10-13)27-3/h6-7,9-11H,4-5,8H2,1-3H3,(H,21,22,24)/b16-11+. The third kappa shape index (κ3) is 5.19. The second kappa shape index (κ2) is 9.77. The van der Waals surface area contributed by atoms with Crippen LogP contribution in [0.1, 0.15) is 24.2 Å². The zero-order valence-corrected chi connectivity index (χ0v) is 18.4. The number of thiocarbonyl (C=S) groups is 1. The Morgan fingerprint density at radius 1 is 1.30 bits per heavy atom. The van der Waals surface area contributed by atoms with Crippen molar-refractivity contribution in [1.82, 2.24) is 10.1 Å². The van der Waals surface area contributed by atoms with E-state index in [-0.39, 0.29) is 18.2 Å². The molecule has 3 rings (SSSR count). The monoisotopic (exact) mass is 447 g/mol. The minimum absolute atomic E-state index is 0.174. The number of methoxy groups -OCH3 is 2. The molecule has 1 aromatic heterocycles. The predicted molar refractivity (Wildman–Crippen MR) is 119 cm³/mol. The summed E-state index contributed by atoms with van der Waals surface area (Å²) in [7, 11) is 3.12. The number of amides is 2. The van der Waals surface area contributed by atoms with Crippen LogP contribution in [0.25, 0.3) is 6.08 Å². The summed E-state index contributed by atoms with van der Waals surface area (Å²) < 4.78 is 15.9. The number of ether oxygens (including phenoxy) is 2. The quantitative estimate of drug-likeness (QED) is 0.484. The molecule has 0 unspecified atom stereocenters. The predicted octanol–water partition coefficient (Wildman–Crippen LogP) is 3.62. The van der Waals surface area contributed by atoms with E-state index in [0.717, 1.165) is 5.56 Å². The highest BCUT2D eigenvalue weighted by Gasteiger charge is 2.31. The molecule has 2 heterocycles. The summed E-state index contributed by atoms with van der Waals surface area (Å²) in [6.07, 6.45) is 2.47. The van der Waals surface area contributed by atoms with Gasteiger partial charge in [0, 0.05) is 19.0 Å². The van der Waals surface area contributed by atoms with E-state index in [4.69, 9.17) is 26.2 Å². The van der Waals surface area contributed by atoms with Crippen LogP contribution in [0.4, 0.5) is 5.82 Å². The Bertz CT molecular complexity index is 1000. The van der Waals surface area contributed by atoms with Crippen molar-refractivity contribution in [2.75, 3.05) is 26.1 Å². The first kappa shape index (κ1) is 21.8. The van der Waals surface area contributed by atoms with E-state index in [2.05, 4.69) is 10.5 Å². The van der Waals surface area contributed by atoms with Gasteiger partial charge in [-0.2, -0.15) is 0 Å². The van der Waals surface area contributed by atoms with Crippen molar-refractivity contribution in [2.24, 2.45) is 0 Å². The molecule has 1 aliphatic heterocycles. The number of aryl methyl sites for hydroxylation is 1. The van der Waals surface area contributed by atoms with Crippen LogP contribution in [0.2, 0.25) is 0 Å². The van der Waals surface area contributed by atoms with Gasteiger partial charge in [-0.3, -0.25) is 14.5 Å². The average Bonchev–Trinajstić information content (AvgIpc) is 3.25. The largest absolute Gasteiger partial charge is 0.493 e. The number of aromatic nitrogens is 1. The van der Waals surface area contributed by atoms with Crippen molar-refractivity contribution in [3.05, 3.63) is 40.5 Å². The molecule has 158 valence electrons. The van der Waals surface area contributed by atoms with Gasteiger partial charge in [0.1, 0.15) is 10.1 Å². The van der Waals surface area contributed by atoms with Crippen LogP contribution in [-0.4, -0.2) is 47.0 Å². The fraction of sp³-hybridized carbons (Fsp3) is 0.300. The zero-order chi connectivity index (χ0) is 21.7. The van der Waals surface area contributed by atoms with Gasteiger partial charge in [0.2, 0.25) is 5.91 Å². The van der Waals surface area contributed by atoms with Gasteiger partial charge in [0.05, 0.1) is 19.1 Å². The number of anilines is 1. The van der Waals surface area contributed by atoms with Gasteiger partial charge >= 0.3 is 0 Å². The molecule has 1 aromatic carbocycles. The van der Waals surface area contributed by atoms with E-state index in [1.807, 2.05) is 6.07 Å². The van der Waals surface area contributed by atoms with Crippen molar-refractivity contribution in [1.29, 1.82) is 0 Å². The van der Waals surface area contributed by atoms with Gasteiger partial charge in [0.25, 0.3) is 5.91 Å².